The van der Waals surface area contributed by atoms with Gasteiger partial charge in [-0.15, -0.1) is 0 Å². The zero-order chi connectivity index (χ0) is 19.6. The number of hydrogen-bond donors (Lipinski definition) is 1. The van der Waals surface area contributed by atoms with Crippen molar-refractivity contribution in [3.63, 3.8) is 0 Å². The van der Waals surface area contributed by atoms with Gasteiger partial charge >= 0.3 is 0 Å². The molecule has 2 amide bonds. The van der Waals surface area contributed by atoms with Gasteiger partial charge in [0.05, 0.1) is 24.2 Å². The summed E-state index contributed by atoms with van der Waals surface area (Å²) in [6, 6.07) is 14.1. The van der Waals surface area contributed by atoms with Crippen molar-refractivity contribution in [2.45, 2.75) is 6.92 Å². The Hall–Kier alpha value is -2.73. The highest BCUT2D eigenvalue weighted by Gasteiger charge is 2.12. The number of nitrogens with one attached hydrogen (secondary N) is 1. The Bertz CT molecular complexity index is 765. The molecule has 0 fully saturated rings. The van der Waals surface area contributed by atoms with Crippen molar-refractivity contribution in [3.8, 4) is 11.5 Å². The molecule has 0 aliphatic heterocycles. The summed E-state index contributed by atoms with van der Waals surface area (Å²) in [7, 11) is 1.60. The second-order valence-corrected chi connectivity index (χ2v) is 6.17. The Morgan fingerprint density at radius 3 is 2.33 bits per heavy atom. The Balaban J connectivity index is 1.77. The summed E-state index contributed by atoms with van der Waals surface area (Å²) in [4.78, 5) is 25.5. The fourth-order valence-electron chi connectivity index (χ4n) is 2.42. The van der Waals surface area contributed by atoms with E-state index in [1.807, 2.05) is 12.1 Å². The van der Waals surface area contributed by atoms with Crippen molar-refractivity contribution < 1.29 is 19.1 Å². The summed E-state index contributed by atoms with van der Waals surface area (Å²) < 4.78 is 10.7. The number of amides is 2. The first-order valence-corrected chi connectivity index (χ1v) is 8.94. The maximum absolute atomic E-state index is 12.1. The number of rotatable bonds is 9. The second-order valence-electron chi connectivity index (χ2n) is 5.77. The zero-order valence-electron chi connectivity index (χ0n) is 15.4. The van der Waals surface area contributed by atoms with E-state index in [0.29, 0.717) is 42.6 Å². The van der Waals surface area contributed by atoms with E-state index in [4.69, 9.17) is 21.1 Å². The fraction of sp³-hybridized carbons (Fsp3) is 0.300. The fourth-order valence-corrected chi connectivity index (χ4v) is 2.64. The van der Waals surface area contributed by atoms with Gasteiger partial charge in [-0.25, -0.2) is 0 Å². The minimum absolute atomic E-state index is 0.0830. The molecule has 6 nitrogen and oxygen atoms in total. The van der Waals surface area contributed by atoms with Gasteiger partial charge in [0, 0.05) is 20.0 Å². The zero-order valence-corrected chi connectivity index (χ0v) is 16.2. The van der Waals surface area contributed by atoms with Crippen LogP contribution in [0.1, 0.15) is 17.3 Å². The molecule has 0 radical (unpaired) electrons. The van der Waals surface area contributed by atoms with E-state index in [1.54, 1.807) is 48.4 Å². The molecule has 7 heteroatoms. The second kappa shape index (κ2) is 10.4. The highest BCUT2D eigenvalue weighted by molar-refractivity contribution is 6.33. The van der Waals surface area contributed by atoms with Crippen molar-refractivity contribution >= 4 is 23.4 Å². The van der Waals surface area contributed by atoms with Gasteiger partial charge in [0.15, 0.2) is 0 Å². The lowest BCUT2D eigenvalue weighted by Crippen LogP contribution is -2.39. The SMILES string of the molecule is COc1ccc(OCCN(CCNC(=O)c2ccccc2Cl)C(C)=O)cc1. The normalized spacial score (nSPS) is 10.2. The van der Waals surface area contributed by atoms with Crippen molar-refractivity contribution in [1.82, 2.24) is 10.2 Å². The third kappa shape index (κ3) is 6.49. The predicted molar refractivity (Wildman–Crippen MR) is 105 cm³/mol. The van der Waals surface area contributed by atoms with Crippen LogP contribution in [-0.4, -0.2) is 50.1 Å². The lowest BCUT2D eigenvalue weighted by molar-refractivity contribution is -0.129. The van der Waals surface area contributed by atoms with E-state index in [1.165, 1.54) is 6.92 Å². The average Bonchev–Trinajstić information content (AvgIpc) is 2.67. The highest BCUT2D eigenvalue weighted by atomic mass is 35.5. The molecule has 0 saturated heterocycles. The van der Waals surface area contributed by atoms with Crippen LogP contribution < -0.4 is 14.8 Å². The first-order valence-electron chi connectivity index (χ1n) is 8.56. The van der Waals surface area contributed by atoms with Crippen molar-refractivity contribution in [2.75, 3.05) is 33.4 Å². The first-order chi connectivity index (χ1) is 13.0. The van der Waals surface area contributed by atoms with E-state index in [0.717, 1.165) is 5.75 Å². The molecular formula is C20H23ClN2O4. The Kier molecular flexibility index (Phi) is 7.95. The van der Waals surface area contributed by atoms with Gasteiger partial charge in [-0.2, -0.15) is 0 Å². The summed E-state index contributed by atoms with van der Waals surface area (Å²) in [5.41, 5.74) is 0.413. The Morgan fingerprint density at radius 2 is 1.70 bits per heavy atom. The molecule has 0 aromatic heterocycles. The number of carbonyl (C=O) groups excluding carboxylic acids is 2. The molecule has 0 bridgehead atoms. The molecule has 0 saturated carbocycles. The summed E-state index contributed by atoms with van der Waals surface area (Å²) in [6.45, 7) is 2.97. The molecule has 2 aromatic carbocycles. The molecular weight excluding hydrogens is 368 g/mol. The van der Waals surface area contributed by atoms with Crippen LogP contribution in [0.25, 0.3) is 0 Å². The van der Waals surface area contributed by atoms with E-state index in [2.05, 4.69) is 5.32 Å². The molecule has 0 spiro atoms. The smallest absolute Gasteiger partial charge is 0.252 e. The number of hydrogen-bond acceptors (Lipinski definition) is 4. The van der Waals surface area contributed by atoms with Gasteiger partial charge in [-0.05, 0) is 36.4 Å². The van der Waals surface area contributed by atoms with E-state index in [-0.39, 0.29) is 11.8 Å². The van der Waals surface area contributed by atoms with Crippen LogP contribution in [0, 0.1) is 0 Å². The molecule has 0 unspecified atom stereocenters. The molecule has 1 N–H and O–H groups in total. The van der Waals surface area contributed by atoms with E-state index < -0.39 is 0 Å². The number of ether oxygens (including phenoxy) is 2. The van der Waals surface area contributed by atoms with Gasteiger partial charge in [0.1, 0.15) is 18.1 Å². The van der Waals surface area contributed by atoms with Crippen LogP contribution in [-0.2, 0) is 4.79 Å². The quantitative estimate of drug-likeness (QED) is 0.714. The topological polar surface area (TPSA) is 67.9 Å². The maximum atomic E-state index is 12.1. The van der Waals surface area contributed by atoms with Crippen LogP contribution in [0.4, 0.5) is 0 Å². The Morgan fingerprint density at radius 1 is 1.04 bits per heavy atom. The maximum Gasteiger partial charge on any atom is 0.252 e. The van der Waals surface area contributed by atoms with Crippen LogP contribution in [0.3, 0.4) is 0 Å². The number of carbonyl (C=O) groups is 2. The van der Waals surface area contributed by atoms with Crippen molar-refractivity contribution in [2.24, 2.45) is 0 Å². The number of benzene rings is 2. The van der Waals surface area contributed by atoms with Gasteiger partial charge in [-0.3, -0.25) is 9.59 Å². The molecule has 2 rings (SSSR count). The summed E-state index contributed by atoms with van der Waals surface area (Å²) in [6.07, 6.45) is 0. The standard InChI is InChI=1S/C20H23ClN2O4/c1-15(24)23(13-14-27-17-9-7-16(26-2)8-10-17)12-11-22-20(25)18-5-3-4-6-19(18)21/h3-10H,11-14H2,1-2H3,(H,22,25). The van der Waals surface area contributed by atoms with Gasteiger partial charge < -0.3 is 19.7 Å². The van der Waals surface area contributed by atoms with Gasteiger partial charge in [-0.1, -0.05) is 23.7 Å². The lowest BCUT2D eigenvalue weighted by Gasteiger charge is -2.21. The minimum Gasteiger partial charge on any atom is -0.497 e. The largest absolute Gasteiger partial charge is 0.497 e. The van der Waals surface area contributed by atoms with E-state index >= 15 is 0 Å². The monoisotopic (exact) mass is 390 g/mol. The highest BCUT2D eigenvalue weighted by Crippen LogP contribution is 2.17. The summed E-state index contributed by atoms with van der Waals surface area (Å²) in [5, 5.41) is 3.17. The van der Waals surface area contributed by atoms with Gasteiger partial charge in [0.25, 0.3) is 5.91 Å². The van der Waals surface area contributed by atoms with Crippen LogP contribution in [0.5, 0.6) is 11.5 Å². The van der Waals surface area contributed by atoms with Crippen LogP contribution in [0.15, 0.2) is 48.5 Å². The first kappa shape index (κ1) is 20.6. The molecule has 27 heavy (non-hydrogen) atoms. The van der Waals surface area contributed by atoms with E-state index in [9.17, 15) is 9.59 Å². The van der Waals surface area contributed by atoms with Crippen molar-refractivity contribution in [1.29, 1.82) is 0 Å². The number of halogens is 1. The molecule has 0 aliphatic carbocycles. The molecule has 0 atom stereocenters. The number of methoxy groups -OCH3 is 1. The number of nitrogens with zero attached hydrogens (tertiary/aromatic N) is 1. The lowest BCUT2D eigenvalue weighted by atomic mass is 10.2. The van der Waals surface area contributed by atoms with Gasteiger partial charge in [0.2, 0.25) is 5.91 Å². The molecule has 0 aliphatic rings. The third-order valence-corrected chi connectivity index (χ3v) is 4.25. The third-order valence-electron chi connectivity index (χ3n) is 3.92. The van der Waals surface area contributed by atoms with Crippen LogP contribution in [0.2, 0.25) is 5.02 Å². The molecule has 2 aromatic rings. The molecule has 0 heterocycles. The summed E-state index contributed by atoms with van der Waals surface area (Å²) >= 11 is 6.01. The van der Waals surface area contributed by atoms with Crippen LogP contribution >= 0.6 is 11.6 Å². The molecule has 144 valence electrons. The van der Waals surface area contributed by atoms with Crippen molar-refractivity contribution in [3.05, 3.63) is 59.1 Å². The average molecular weight is 391 g/mol. The minimum atomic E-state index is -0.265. The Labute approximate surface area is 164 Å². The predicted octanol–water partition coefficient (Wildman–Crippen LogP) is 3.01. The summed E-state index contributed by atoms with van der Waals surface area (Å²) in [5.74, 6) is 1.10.